The van der Waals surface area contributed by atoms with Crippen LogP contribution in [0.15, 0.2) is 12.1 Å². The maximum atomic E-state index is 11.5. The molecule has 2 rings (SSSR count). The second-order valence-electron chi connectivity index (χ2n) is 3.37. The minimum Gasteiger partial charge on any atom is -0.294 e. The Morgan fingerprint density at radius 1 is 1.36 bits per heavy atom. The Labute approximate surface area is 87.1 Å². The lowest BCUT2D eigenvalue weighted by Crippen LogP contribution is -2.11. The van der Waals surface area contributed by atoms with E-state index in [1.54, 1.807) is 12.1 Å². The minimum absolute atomic E-state index is 0.102. The SMILES string of the molecule is N#Cc1cc(Cl)c2c(c1)C(=O)CCC2. The van der Waals surface area contributed by atoms with Gasteiger partial charge in [-0.1, -0.05) is 11.6 Å². The topological polar surface area (TPSA) is 40.9 Å². The standard InChI is InChI=1S/C11H8ClNO/c12-10-5-7(6-13)4-9-8(10)2-1-3-11(9)14/h4-5H,1-3H2. The number of hydrogen-bond acceptors (Lipinski definition) is 2. The molecule has 1 aromatic carbocycles. The van der Waals surface area contributed by atoms with Crippen LogP contribution in [-0.4, -0.2) is 5.78 Å². The van der Waals surface area contributed by atoms with Crippen molar-refractivity contribution >= 4 is 17.4 Å². The fourth-order valence-electron chi connectivity index (χ4n) is 1.76. The molecule has 0 spiro atoms. The van der Waals surface area contributed by atoms with Crippen molar-refractivity contribution in [3.05, 3.63) is 33.8 Å². The Hall–Kier alpha value is -1.33. The fraction of sp³-hybridized carbons (Fsp3) is 0.273. The van der Waals surface area contributed by atoms with Crippen molar-refractivity contribution in [1.82, 2.24) is 0 Å². The third-order valence-electron chi connectivity index (χ3n) is 2.46. The number of fused-ring (bicyclic) bond motifs is 1. The molecular weight excluding hydrogens is 198 g/mol. The molecule has 1 aliphatic rings. The highest BCUT2D eigenvalue weighted by molar-refractivity contribution is 6.32. The van der Waals surface area contributed by atoms with Gasteiger partial charge in [0.05, 0.1) is 11.6 Å². The molecular formula is C11H8ClNO. The first-order valence-electron chi connectivity index (χ1n) is 4.48. The van der Waals surface area contributed by atoms with E-state index in [1.165, 1.54) is 0 Å². The second kappa shape index (κ2) is 3.43. The third kappa shape index (κ3) is 1.40. The van der Waals surface area contributed by atoms with E-state index in [-0.39, 0.29) is 5.78 Å². The number of Topliss-reactive ketones (excluding diaryl/α,β-unsaturated/α-hetero) is 1. The lowest BCUT2D eigenvalue weighted by atomic mass is 9.89. The maximum Gasteiger partial charge on any atom is 0.163 e. The highest BCUT2D eigenvalue weighted by atomic mass is 35.5. The molecule has 0 amide bonds. The molecule has 0 aliphatic heterocycles. The third-order valence-corrected chi connectivity index (χ3v) is 2.79. The van der Waals surface area contributed by atoms with Crippen molar-refractivity contribution in [2.75, 3.05) is 0 Å². The van der Waals surface area contributed by atoms with Gasteiger partial charge in [-0.2, -0.15) is 5.26 Å². The number of benzene rings is 1. The molecule has 70 valence electrons. The maximum absolute atomic E-state index is 11.5. The molecule has 14 heavy (non-hydrogen) atoms. The van der Waals surface area contributed by atoms with Crippen LogP contribution in [0.5, 0.6) is 0 Å². The smallest absolute Gasteiger partial charge is 0.163 e. The van der Waals surface area contributed by atoms with Crippen molar-refractivity contribution in [2.24, 2.45) is 0 Å². The monoisotopic (exact) mass is 205 g/mol. The van der Waals surface area contributed by atoms with Crippen LogP contribution in [0.1, 0.15) is 34.3 Å². The summed E-state index contributed by atoms with van der Waals surface area (Å²) in [4.78, 5) is 11.5. The summed E-state index contributed by atoms with van der Waals surface area (Å²) < 4.78 is 0. The minimum atomic E-state index is 0.102. The van der Waals surface area contributed by atoms with Crippen LogP contribution in [0.4, 0.5) is 0 Å². The van der Waals surface area contributed by atoms with Crippen molar-refractivity contribution in [3.63, 3.8) is 0 Å². The lowest BCUT2D eigenvalue weighted by molar-refractivity contribution is 0.0972. The molecule has 0 fully saturated rings. The summed E-state index contributed by atoms with van der Waals surface area (Å²) in [5, 5.41) is 9.28. The van der Waals surface area contributed by atoms with E-state index in [0.29, 0.717) is 22.6 Å². The van der Waals surface area contributed by atoms with Crippen molar-refractivity contribution < 1.29 is 4.79 Å². The number of ketones is 1. The number of carbonyl (C=O) groups excluding carboxylic acids is 1. The number of nitrogens with zero attached hydrogens (tertiary/aromatic N) is 1. The van der Waals surface area contributed by atoms with Gasteiger partial charge < -0.3 is 0 Å². The summed E-state index contributed by atoms with van der Waals surface area (Å²) in [5.74, 6) is 0.102. The van der Waals surface area contributed by atoms with Crippen LogP contribution in [0.2, 0.25) is 5.02 Å². The predicted molar refractivity (Wildman–Crippen MR) is 53.4 cm³/mol. The van der Waals surface area contributed by atoms with E-state index >= 15 is 0 Å². The molecule has 0 saturated carbocycles. The van der Waals surface area contributed by atoms with Gasteiger partial charge in [-0.3, -0.25) is 4.79 Å². The molecule has 0 aromatic heterocycles. The zero-order chi connectivity index (χ0) is 10.1. The highest BCUT2D eigenvalue weighted by Gasteiger charge is 2.20. The highest BCUT2D eigenvalue weighted by Crippen LogP contribution is 2.29. The van der Waals surface area contributed by atoms with Gasteiger partial charge in [0, 0.05) is 17.0 Å². The van der Waals surface area contributed by atoms with Crippen LogP contribution in [0, 0.1) is 11.3 Å². The van der Waals surface area contributed by atoms with Gasteiger partial charge >= 0.3 is 0 Å². The van der Waals surface area contributed by atoms with Crippen LogP contribution in [-0.2, 0) is 6.42 Å². The summed E-state index contributed by atoms with van der Waals surface area (Å²) in [6, 6.07) is 5.27. The summed E-state index contributed by atoms with van der Waals surface area (Å²) >= 11 is 5.99. The molecule has 0 bridgehead atoms. The number of hydrogen-bond donors (Lipinski definition) is 0. The van der Waals surface area contributed by atoms with Crippen molar-refractivity contribution in [2.45, 2.75) is 19.3 Å². The predicted octanol–water partition coefficient (Wildman–Crippen LogP) is 2.73. The number of halogens is 1. The average molecular weight is 206 g/mol. The Bertz CT molecular complexity index is 445. The summed E-state index contributed by atoms with van der Waals surface area (Å²) in [6.07, 6.45) is 2.27. The van der Waals surface area contributed by atoms with Gasteiger partial charge in [-0.05, 0) is 30.5 Å². The number of nitriles is 1. The lowest BCUT2D eigenvalue weighted by Gasteiger charge is -2.15. The van der Waals surface area contributed by atoms with E-state index in [9.17, 15) is 4.79 Å². The quantitative estimate of drug-likeness (QED) is 0.654. The molecule has 0 heterocycles. The van der Waals surface area contributed by atoms with E-state index in [0.717, 1.165) is 18.4 Å². The molecule has 0 radical (unpaired) electrons. The van der Waals surface area contributed by atoms with Crippen LogP contribution >= 0.6 is 11.6 Å². The Kier molecular flexibility index (Phi) is 2.26. The molecule has 0 atom stereocenters. The summed E-state index contributed by atoms with van der Waals surface area (Å²) in [5.41, 5.74) is 2.01. The Morgan fingerprint density at radius 3 is 2.86 bits per heavy atom. The van der Waals surface area contributed by atoms with Gasteiger partial charge in [-0.25, -0.2) is 0 Å². The van der Waals surface area contributed by atoms with E-state index in [2.05, 4.69) is 0 Å². The molecule has 0 N–H and O–H groups in total. The van der Waals surface area contributed by atoms with Crippen molar-refractivity contribution in [3.8, 4) is 6.07 Å². The number of rotatable bonds is 0. The summed E-state index contributed by atoms with van der Waals surface area (Å²) in [6.45, 7) is 0. The first-order chi connectivity index (χ1) is 6.72. The van der Waals surface area contributed by atoms with Gasteiger partial charge in [0.2, 0.25) is 0 Å². The zero-order valence-corrected chi connectivity index (χ0v) is 8.27. The van der Waals surface area contributed by atoms with Gasteiger partial charge in [-0.15, -0.1) is 0 Å². The van der Waals surface area contributed by atoms with E-state index in [4.69, 9.17) is 16.9 Å². The molecule has 0 unspecified atom stereocenters. The Morgan fingerprint density at radius 2 is 2.14 bits per heavy atom. The average Bonchev–Trinajstić information content (AvgIpc) is 2.19. The van der Waals surface area contributed by atoms with Crippen LogP contribution in [0.25, 0.3) is 0 Å². The van der Waals surface area contributed by atoms with E-state index in [1.807, 2.05) is 6.07 Å². The van der Waals surface area contributed by atoms with Crippen molar-refractivity contribution in [1.29, 1.82) is 5.26 Å². The summed E-state index contributed by atoms with van der Waals surface area (Å²) in [7, 11) is 0. The van der Waals surface area contributed by atoms with Gasteiger partial charge in [0.1, 0.15) is 0 Å². The largest absolute Gasteiger partial charge is 0.294 e. The molecule has 2 nitrogen and oxygen atoms in total. The Balaban J connectivity index is 2.64. The van der Waals surface area contributed by atoms with E-state index < -0.39 is 0 Å². The normalized spacial score (nSPS) is 14.7. The molecule has 1 aliphatic carbocycles. The first kappa shape index (κ1) is 9.23. The van der Waals surface area contributed by atoms with Crippen LogP contribution in [0.3, 0.4) is 0 Å². The molecule has 0 saturated heterocycles. The van der Waals surface area contributed by atoms with Crippen LogP contribution < -0.4 is 0 Å². The van der Waals surface area contributed by atoms with Gasteiger partial charge in [0.25, 0.3) is 0 Å². The fourth-order valence-corrected chi connectivity index (χ4v) is 2.08. The molecule has 3 heteroatoms. The first-order valence-corrected chi connectivity index (χ1v) is 4.86. The second-order valence-corrected chi connectivity index (χ2v) is 3.78. The zero-order valence-electron chi connectivity index (χ0n) is 7.51. The number of carbonyl (C=O) groups is 1. The molecule has 1 aromatic rings. The van der Waals surface area contributed by atoms with Gasteiger partial charge in [0.15, 0.2) is 5.78 Å².